The van der Waals surface area contributed by atoms with E-state index in [1.807, 2.05) is 184 Å². The SMILES string of the molecule is CCS(=O)(=O)N1CCc2c(cccc2NC(=O)NCCc2ccc(C)cc2)C1.COc1cccc(NC(=O)NCCc2ccc(C)cc2)c1.Cc1ccc(CCNC(=O)Nc2ccc(OC(C)(C)C)cc2)cc1.Cc1ccc(CCNC(=O)Nc2ccc(S(C)(=O)=O)cc2)cc1.Cc1ccc(CCNC(=O)Nc2cccc3c2CCN(C(=O)OC(C)(C)C)C3)cc1.Cc1ccc(NC(=O)NCCc2ccc(O)cc2)c(Cl)c1. The van der Waals surface area contributed by atoms with Crippen molar-refractivity contribution in [1.29, 1.82) is 0 Å². The van der Waals surface area contributed by atoms with Crippen LogP contribution in [0.15, 0.2) is 278 Å². The molecule has 147 heavy (non-hydrogen) atoms. The Balaban J connectivity index is 0.000000197. The minimum atomic E-state index is -3.22. The van der Waals surface area contributed by atoms with Crippen LogP contribution in [0.2, 0.25) is 5.02 Å². The summed E-state index contributed by atoms with van der Waals surface area (Å²) in [6, 6.07) is 84.4. The Morgan fingerprint density at radius 1 is 0.367 bits per heavy atom. The summed E-state index contributed by atoms with van der Waals surface area (Å²) in [4.78, 5) is 86.2. The second-order valence-corrected chi connectivity index (χ2v) is 42.3. The number of hydrogen-bond donors (Lipinski definition) is 13. The molecule has 0 aromatic heterocycles. The van der Waals surface area contributed by atoms with Crippen molar-refractivity contribution in [3.63, 3.8) is 0 Å². The van der Waals surface area contributed by atoms with Gasteiger partial charge in [0.2, 0.25) is 10.0 Å². The highest BCUT2D eigenvalue weighted by Crippen LogP contribution is 2.31. The normalized spacial score (nSPS) is 11.9. The fourth-order valence-electron chi connectivity index (χ4n) is 14.9. The number of nitrogens with one attached hydrogen (secondary N) is 12. The molecular weight excluding hydrogens is 1920 g/mol. The summed E-state index contributed by atoms with van der Waals surface area (Å²) >= 11 is 6.05. The molecule has 0 atom stereocenters. The predicted octanol–water partition coefficient (Wildman–Crippen LogP) is 22.1. The molecule has 0 saturated carbocycles. The third kappa shape index (κ3) is 43.1. The Kier molecular flexibility index (Phi) is 45.4. The van der Waals surface area contributed by atoms with E-state index in [0.29, 0.717) is 113 Å². The number of ether oxygens (including phenoxy) is 3. The number of methoxy groups -OCH3 is 1. The first-order chi connectivity index (χ1) is 70.0. The number of nitrogens with zero attached hydrogens (tertiary/aromatic N) is 2. The quantitative estimate of drug-likeness (QED) is 0.0207. The molecule has 13 amide bonds. The minimum absolute atomic E-state index is 0.101. The fraction of sp³-hybridized carbons (Fsp3) is 0.313. The first-order valence-corrected chi connectivity index (χ1v) is 52.9. The number of anilines is 6. The summed E-state index contributed by atoms with van der Waals surface area (Å²) in [6.45, 7) is 30.6. The zero-order chi connectivity index (χ0) is 107. The fourth-order valence-corrected chi connectivity index (χ4v) is 16.9. The molecule has 0 radical (unpaired) electrons. The number of phenols is 1. The molecule has 0 bridgehead atoms. The third-order valence-electron chi connectivity index (χ3n) is 22.9. The van der Waals surface area contributed by atoms with Crippen LogP contribution in [-0.4, -0.2) is 156 Å². The van der Waals surface area contributed by atoms with Gasteiger partial charge in [-0.1, -0.05) is 209 Å². The summed E-state index contributed by atoms with van der Waals surface area (Å²) in [6.07, 6.45) is 6.72. The maximum atomic E-state index is 12.4. The van der Waals surface area contributed by atoms with Gasteiger partial charge in [0.05, 0.1) is 28.5 Å². The number of sulfonamides is 1. The van der Waals surface area contributed by atoms with Crippen LogP contribution >= 0.6 is 11.6 Å². The van der Waals surface area contributed by atoms with Gasteiger partial charge in [-0.25, -0.2) is 50.4 Å². The summed E-state index contributed by atoms with van der Waals surface area (Å²) in [7, 11) is -4.83. The molecule has 12 aromatic rings. The smallest absolute Gasteiger partial charge is 0.410 e. The maximum Gasteiger partial charge on any atom is 0.410 e. The standard InChI is InChI=1S/C24H31N3O3.C21H27N3O3S.C20H26N2O2.C17H20N2O3S.C17H20N2O2.C16H17ClN2O2/c1-17-8-10-18(11-9-17)12-14-25-22(28)26-21-7-5-6-19-16-27(15-13-20(19)21)23(29)30-24(2,3)4;1-3-28(26,27)24-14-12-19-18(15-24)5-4-6-20(19)23-21(25)22-13-11-17-9-7-16(2)8-10-17;1-15-5-7-16(8-6-15)13-14-21-19(23)22-17-9-11-18(12-10-17)24-20(2,3)4;1-13-3-5-14(6-4-13)11-12-18-17(20)19-15-7-9-16(10-8-15)23(2,21)22;1-13-6-8-14(9-7-13)10-11-18-17(20)19-15-4-3-5-16(12-15)21-2;1-11-2-7-15(14(17)10-11)19-16(21)18-9-8-12-3-5-13(20)6-4-12/h5-11H,12-16H2,1-4H3,(H2,25,26,28);4-10H,3,11-15H2,1-2H3,(H2,22,23,25);5-12H,13-14H2,1-4H3,(H2,21,22,23);3-10H,11-12H2,1-2H3,(H2,18,19,20);3-9,12H,10-11H2,1-2H3,(H2,18,19,20);2-7,10,20H,8-9H2,1H3,(H2,18,19,21). The number of sulfone groups is 1. The Bertz CT molecular complexity index is 6520. The summed E-state index contributed by atoms with van der Waals surface area (Å²) in [5, 5.41) is 43.6. The molecule has 0 unspecified atom stereocenters. The van der Waals surface area contributed by atoms with Crippen LogP contribution in [0.3, 0.4) is 0 Å². The molecular formula is C115H141ClN14O15S2. The van der Waals surface area contributed by atoms with E-state index in [1.165, 1.54) is 66.5 Å². The van der Waals surface area contributed by atoms with Gasteiger partial charge in [-0.3, -0.25) is 0 Å². The molecule has 12 aromatic carbocycles. The van der Waals surface area contributed by atoms with E-state index in [-0.39, 0.29) is 64.3 Å². The van der Waals surface area contributed by atoms with Crippen molar-refractivity contribution in [2.24, 2.45) is 0 Å². The van der Waals surface area contributed by atoms with Crippen molar-refractivity contribution in [1.82, 2.24) is 41.1 Å². The van der Waals surface area contributed by atoms with Gasteiger partial charge in [-0.05, 0) is 300 Å². The molecule has 0 saturated heterocycles. The van der Waals surface area contributed by atoms with Crippen molar-refractivity contribution < 1.29 is 69.7 Å². The van der Waals surface area contributed by atoms with Crippen LogP contribution in [-0.2, 0) is 89.1 Å². The van der Waals surface area contributed by atoms with Gasteiger partial charge in [0.25, 0.3) is 0 Å². The topological polar surface area (TPSA) is 387 Å². The number of carbonyl (C=O) groups excluding carboxylic acids is 7. The number of fused-ring (bicyclic) bond motifs is 2. The summed E-state index contributed by atoms with van der Waals surface area (Å²) in [5.41, 5.74) is 21.6. The number of halogens is 1. The zero-order valence-electron chi connectivity index (χ0n) is 86.7. The van der Waals surface area contributed by atoms with Crippen LogP contribution in [0.5, 0.6) is 17.2 Å². The highest BCUT2D eigenvalue weighted by atomic mass is 35.5. The van der Waals surface area contributed by atoms with Crippen LogP contribution < -0.4 is 73.3 Å². The molecule has 0 aliphatic carbocycles. The van der Waals surface area contributed by atoms with Crippen LogP contribution in [0, 0.1) is 41.5 Å². The summed E-state index contributed by atoms with van der Waals surface area (Å²) in [5.74, 6) is 1.84. The molecule has 2 heterocycles. The average Bonchev–Trinajstić information content (AvgIpc) is 0.800. The number of amides is 13. The largest absolute Gasteiger partial charge is 0.508 e. The van der Waals surface area contributed by atoms with Crippen molar-refractivity contribution in [2.75, 3.05) is 103 Å². The van der Waals surface area contributed by atoms with Gasteiger partial charge in [0, 0.05) is 106 Å². The van der Waals surface area contributed by atoms with Crippen molar-refractivity contribution in [3.05, 3.63) is 367 Å². The van der Waals surface area contributed by atoms with Crippen molar-refractivity contribution in [3.8, 4) is 17.2 Å². The number of benzene rings is 12. The van der Waals surface area contributed by atoms with E-state index < -0.39 is 25.5 Å². The molecule has 14 rings (SSSR count). The van der Waals surface area contributed by atoms with Gasteiger partial charge in [0.15, 0.2) is 9.84 Å². The van der Waals surface area contributed by atoms with Crippen LogP contribution in [0.4, 0.5) is 67.7 Å². The Morgan fingerprint density at radius 2 is 0.707 bits per heavy atom. The zero-order valence-corrected chi connectivity index (χ0v) is 89.1. The second-order valence-electron chi connectivity index (χ2n) is 37.7. The Hall–Kier alpha value is -14.9. The molecule has 0 spiro atoms. The average molecular weight is 2060 g/mol. The lowest BCUT2D eigenvalue weighted by Gasteiger charge is -2.32. The molecule has 13 N–H and O–H groups in total. The van der Waals surface area contributed by atoms with E-state index in [0.717, 1.165) is 100 Å². The Labute approximate surface area is 871 Å². The molecule has 29 nitrogen and oxygen atoms in total. The monoisotopic (exact) mass is 2060 g/mol. The lowest BCUT2D eigenvalue weighted by atomic mass is 9.98. The van der Waals surface area contributed by atoms with Crippen molar-refractivity contribution in [2.45, 2.75) is 171 Å². The molecule has 32 heteroatoms. The number of aromatic hydroxyl groups is 1. The second kappa shape index (κ2) is 57.7. The number of urea groups is 6. The number of aryl methyl sites for hydroxylation is 6. The maximum absolute atomic E-state index is 12.4. The van der Waals surface area contributed by atoms with Gasteiger partial charge in [-0.15, -0.1) is 0 Å². The lowest BCUT2D eigenvalue weighted by Crippen LogP contribution is -2.40. The third-order valence-corrected chi connectivity index (χ3v) is 26.2. The number of carbonyl (C=O) groups is 7. The Morgan fingerprint density at radius 3 is 1.07 bits per heavy atom. The van der Waals surface area contributed by atoms with E-state index in [4.69, 9.17) is 25.8 Å². The van der Waals surface area contributed by atoms with E-state index in [9.17, 15) is 55.5 Å². The van der Waals surface area contributed by atoms with Crippen molar-refractivity contribution >= 4 is 108 Å². The molecule has 2 aliphatic heterocycles. The number of hydrogen-bond acceptors (Lipinski definition) is 15. The van der Waals surface area contributed by atoms with Crippen LogP contribution in [0.25, 0.3) is 0 Å². The highest BCUT2D eigenvalue weighted by molar-refractivity contribution is 7.90. The molecule has 0 fully saturated rings. The van der Waals surface area contributed by atoms with Gasteiger partial charge in [0.1, 0.15) is 28.5 Å². The minimum Gasteiger partial charge on any atom is -0.508 e. The summed E-state index contributed by atoms with van der Waals surface area (Å²) < 4.78 is 64.8. The number of rotatable bonds is 29. The predicted molar refractivity (Wildman–Crippen MR) is 591 cm³/mol. The van der Waals surface area contributed by atoms with E-state index in [1.54, 1.807) is 61.4 Å². The van der Waals surface area contributed by atoms with Crippen LogP contribution in [0.1, 0.15) is 137 Å². The van der Waals surface area contributed by atoms with Gasteiger partial charge < -0.3 is 88.0 Å². The van der Waals surface area contributed by atoms with E-state index >= 15 is 0 Å². The molecule has 2 aliphatic rings. The van der Waals surface area contributed by atoms with Gasteiger partial charge in [-0.2, -0.15) is 4.31 Å². The first-order valence-electron chi connectivity index (χ1n) is 49.0. The first kappa shape index (κ1) is 116. The van der Waals surface area contributed by atoms with E-state index in [2.05, 4.69) is 182 Å². The molecule has 780 valence electrons. The number of phenolic OH excluding ortho intramolecular Hbond substituents is 1. The lowest BCUT2D eigenvalue weighted by molar-refractivity contribution is 0.0223. The highest BCUT2D eigenvalue weighted by Gasteiger charge is 2.30. The van der Waals surface area contributed by atoms with Gasteiger partial charge >= 0.3 is 42.3 Å².